The minimum atomic E-state index is 0.319. The van der Waals surface area contributed by atoms with Gasteiger partial charge >= 0.3 is 0 Å². The molecule has 0 amide bonds. The zero-order valence-electron chi connectivity index (χ0n) is 15.2. The van der Waals surface area contributed by atoms with Gasteiger partial charge in [0.15, 0.2) is 0 Å². The molecule has 27 heavy (non-hydrogen) atoms. The van der Waals surface area contributed by atoms with Gasteiger partial charge in [-0.2, -0.15) is 10.4 Å². The van der Waals surface area contributed by atoms with Gasteiger partial charge in [-0.3, -0.25) is 4.68 Å². The Morgan fingerprint density at radius 3 is 2.67 bits per heavy atom. The van der Waals surface area contributed by atoms with Crippen LogP contribution in [0.2, 0.25) is 0 Å². The van der Waals surface area contributed by atoms with Crippen LogP contribution in [0.5, 0.6) is 0 Å². The SMILES string of the molecule is CCn1cc(-c2c(C#N)c(N)nc3c2CCCC3)c(-c2ccc(Br)cc2)n1. The Balaban J connectivity index is 2.02. The molecular weight excluding hydrogens is 402 g/mol. The molecule has 0 radical (unpaired) electrons. The molecule has 0 aliphatic heterocycles. The molecule has 2 aromatic heterocycles. The largest absolute Gasteiger partial charge is 0.383 e. The number of nitrogens with zero attached hydrogens (tertiary/aromatic N) is 4. The lowest BCUT2D eigenvalue weighted by atomic mass is 9.86. The van der Waals surface area contributed by atoms with E-state index in [0.717, 1.165) is 70.3 Å². The highest BCUT2D eigenvalue weighted by atomic mass is 79.9. The second kappa shape index (κ2) is 7.16. The first-order valence-electron chi connectivity index (χ1n) is 9.17. The maximum atomic E-state index is 9.82. The number of aromatic nitrogens is 3. The van der Waals surface area contributed by atoms with Crippen LogP contribution in [0.15, 0.2) is 34.9 Å². The van der Waals surface area contributed by atoms with Crippen molar-refractivity contribution in [1.29, 1.82) is 5.26 Å². The highest BCUT2D eigenvalue weighted by molar-refractivity contribution is 9.10. The van der Waals surface area contributed by atoms with Crippen molar-refractivity contribution in [2.45, 2.75) is 39.2 Å². The molecule has 2 N–H and O–H groups in total. The molecule has 1 aromatic carbocycles. The van der Waals surface area contributed by atoms with E-state index in [1.807, 2.05) is 35.1 Å². The third-order valence-corrected chi connectivity index (χ3v) is 5.62. The van der Waals surface area contributed by atoms with Crippen LogP contribution >= 0.6 is 15.9 Å². The monoisotopic (exact) mass is 421 g/mol. The first kappa shape index (κ1) is 17.7. The van der Waals surface area contributed by atoms with Crippen molar-refractivity contribution < 1.29 is 0 Å². The highest BCUT2D eigenvalue weighted by Gasteiger charge is 2.25. The number of nitrogen functional groups attached to an aromatic ring is 1. The first-order chi connectivity index (χ1) is 13.1. The standard InChI is InChI=1S/C21H20BrN5/c1-2-27-12-17(20(26-27)13-7-9-14(22)10-8-13)19-15-5-3-4-6-18(15)25-21(24)16(19)11-23/h7-10,12H,2-6H2,1H3,(H2,24,25). The van der Waals surface area contributed by atoms with E-state index in [-0.39, 0.29) is 0 Å². The second-order valence-electron chi connectivity index (χ2n) is 6.75. The molecule has 0 fully saturated rings. The predicted octanol–water partition coefficient (Wildman–Crippen LogP) is 4.73. The molecule has 0 spiro atoms. The van der Waals surface area contributed by atoms with Gasteiger partial charge in [-0.1, -0.05) is 28.1 Å². The van der Waals surface area contributed by atoms with Crippen LogP contribution in [0.25, 0.3) is 22.4 Å². The molecule has 0 unspecified atom stereocenters. The summed E-state index contributed by atoms with van der Waals surface area (Å²) in [7, 11) is 0. The van der Waals surface area contributed by atoms with Gasteiger partial charge in [0, 0.05) is 39.6 Å². The number of aryl methyl sites for hydroxylation is 2. The molecule has 0 saturated heterocycles. The summed E-state index contributed by atoms with van der Waals surface area (Å²) in [6.45, 7) is 2.82. The van der Waals surface area contributed by atoms with Gasteiger partial charge in [-0.15, -0.1) is 0 Å². The summed E-state index contributed by atoms with van der Waals surface area (Å²) in [6.07, 6.45) is 6.07. The van der Waals surface area contributed by atoms with Gasteiger partial charge in [0.1, 0.15) is 23.1 Å². The number of benzene rings is 1. The fourth-order valence-electron chi connectivity index (χ4n) is 3.76. The summed E-state index contributed by atoms with van der Waals surface area (Å²) in [6, 6.07) is 10.4. The van der Waals surface area contributed by atoms with Crippen molar-refractivity contribution in [2.75, 3.05) is 5.73 Å². The van der Waals surface area contributed by atoms with Gasteiger partial charge in [0.2, 0.25) is 0 Å². The van der Waals surface area contributed by atoms with Gasteiger partial charge in [-0.25, -0.2) is 4.98 Å². The van der Waals surface area contributed by atoms with Crippen LogP contribution in [0.4, 0.5) is 5.82 Å². The van der Waals surface area contributed by atoms with Crippen LogP contribution in [-0.4, -0.2) is 14.8 Å². The molecule has 1 aliphatic carbocycles. The van der Waals surface area contributed by atoms with Gasteiger partial charge in [0.05, 0.1) is 0 Å². The Labute approximate surface area is 167 Å². The third-order valence-electron chi connectivity index (χ3n) is 5.09. The quantitative estimate of drug-likeness (QED) is 0.662. The molecule has 1 aliphatic rings. The molecule has 3 aromatic rings. The Morgan fingerprint density at radius 1 is 1.22 bits per heavy atom. The fourth-order valence-corrected chi connectivity index (χ4v) is 4.02. The van der Waals surface area contributed by atoms with E-state index < -0.39 is 0 Å². The first-order valence-corrected chi connectivity index (χ1v) is 9.96. The normalized spacial score (nSPS) is 13.2. The van der Waals surface area contributed by atoms with E-state index in [1.54, 1.807) is 0 Å². The number of pyridine rings is 1. The number of hydrogen-bond donors (Lipinski definition) is 1. The van der Waals surface area contributed by atoms with Crippen LogP contribution in [0, 0.1) is 11.3 Å². The number of hydrogen-bond acceptors (Lipinski definition) is 4. The van der Waals surface area contributed by atoms with Gasteiger partial charge < -0.3 is 5.73 Å². The molecule has 6 heteroatoms. The Bertz CT molecular complexity index is 1040. The number of halogens is 1. The molecule has 2 heterocycles. The lowest BCUT2D eigenvalue weighted by Gasteiger charge is -2.20. The second-order valence-corrected chi connectivity index (χ2v) is 7.66. The average molecular weight is 422 g/mol. The molecular formula is C21H20BrN5. The van der Waals surface area contributed by atoms with Crippen molar-refractivity contribution in [3.63, 3.8) is 0 Å². The van der Waals surface area contributed by atoms with Crippen molar-refractivity contribution in [2.24, 2.45) is 0 Å². The van der Waals surface area contributed by atoms with Crippen molar-refractivity contribution >= 4 is 21.7 Å². The van der Waals surface area contributed by atoms with Crippen LogP contribution < -0.4 is 5.73 Å². The topological polar surface area (TPSA) is 80.5 Å². The smallest absolute Gasteiger partial charge is 0.142 e. The van der Waals surface area contributed by atoms with Crippen molar-refractivity contribution in [3.05, 3.63) is 51.8 Å². The van der Waals surface area contributed by atoms with E-state index in [4.69, 9.17) is 10.8 Å². The van der Waals surface area contributed by atoms with E-state index in [1.165, 1.54) is 0 Å². The minimum absolute atomic E-state index is 0.319. The lowest BCUT2D eigenvalue weighted by Crippen LogP contribution is -2.12. The molecule has 4 rings (SSSR count). The van der Waals surface area contributed by atoms with E-state index in [2.05, 4.69) is 33.9 Å². The Morgan fingerprint density at radius 2 is 1.96 bits per heavy atom. The highest BCUT2D eigenvalue weighted by Crippen LogP contribution is 2.40. The zero-order valence-corrected chi connectivity index (χ0v) is 16.8. The molecule has 0 bridgehead atoms. The maximum Gasteiger partial charge on any atom is 0.142 e. The molecule has 5 nitrogen and oxygen atoms in total. The summed E-state index contributed by atoms with van der Waals surface area (Å²) >= 11 is 3.49. The lowest BCUT2D eigenvalue weighted by molar-refractivity contribution is 0.662. The zero-order chi connectivity index (χ0) is 19.0. The Kier molecular flexibility index (Phi) is 4.71. The number of rotatable bonds is 3. The van der Waals surface area contributed by atoms with E-state index in [9.17, 15) is 5.26 Å². The van der Waals surface area contributed by atoms with Crippen molar-refractivity contribution in [3.8, 4) is 28.5 Å². The van der Waals surface area contributed by atoms with Gasteiger partial charge in [0.25, 0.3) is 0 Å². The maximum absolute atomic E-state index is 9.82. The summed E-state index contributed by atoms with van der Waals surface area (Å²) in [4.78, 5) is 4.53. The minimum Gasteiger partial charge on any atom is -0.383 e. The third kappa shape index (κ3) is 3.13. The molecule has 0 saturated carbocycles. The van der Waals surface area contributed by atoms with Gasteiger partial charge in [-0.05, 0) is 50.3 Å². The van der Waals surface area contributed by atoms with Crippen molar-refractivity contribution in [1.82, 2.24) is 14.8 Å². The van der Waals surface area contributed by atoms with Crippen LogP contribution in [0.3, 0.4) is 0 Å². The fraction of sp³-hybridized carbons (Fsp3) is 0.286. The number of anilines is 1. The number of nitrogens with two attached hydrogens (primary N) is 1. The van der Waals surface area contributed by atoms with Crippen LogP contribution in [0.1, 0.15) is 36.6 Å². The summed E-state index contributed by atoms with van der Waals surface area (Å²) < 4.78 is 2.94. The number of fused-ring (bicyclic) bond motifs is 1. The summed E-state index contributed by atoms with van der Waals surface area (Å²) in [5.74, 6) is 0.319. The van der Waals surface area contributed by atoms with E-state index >= 15 is 0 Å². The summed E-state index contributed by atoms with van der Waals surface area (Å²) in [5.41, 5.74) is 12.6. The number of nitriles is 1. The Hall–Kier alpha value is -2.65. The molecule has 0 atom stereocenters. The van der Waals surface area contributed by atoms with Crippen LogP contribution in [-0.2, 0) is 19.4 Å². The predicted molar refractivity (Wildman–Crippen MR) is 110 cm³/mol. The molecule has 136 valence electrons. The average Bonchev–Trinajstić information content (AvgIpc) is 3.11. The summed E-state index contributed by atoms with van der Waals surface area (Å²) in [5, 5.41) is 14.6. The van der Waals surface area contributed by atoms with E-state index in [0.29, 0.717) is 11.4 Å².